The van der Waals surface area contributed by atoms with Gasteiger partial charge in [-0.05, 0) is 13.3 Å². The summed E-state index contributed by atoms with van der Waals surface area (Å²) in [6.45, 7) is 6.23. The standard InChI is InChI=1S/C8H13NO/c1-4-7-6(3)8(5-2)10-9-7/h4-5H2,1-3H3. The van der Waals surface area contributed by atoms with Crippen LogP contribution in [-0.2, 0) is 12.8 Å². The molecule has 1 rings (SSSR count). The fourth-order valence-corrected chi connectivity index (χ4v) is 1.07. The van der Waals surface area contributed by atoms with E-state index in [1.165, 1.54) is 5.56 Å². The summed E-state index contributed by atoms with van der Waals surface area (Å²) in [7, 11) is 0. The molecule has 0 aliphatic rings. The van der Waals surface area contributed by atoms with E-state index in [0.717, 1.165) is 24.3 Å². The molecule has 0 saturated heterocycles. The van der Waals surface area contributed by atoms with Crippen molar-refractivity contribution in [1.29, 1.82) is 0 Å². The molecule has 0 unspecified atom stereocenters. The smallest absolute Gasteiger partial charge is 0.139 e. The van der Waals surface area contributed by atoms with Crippen LogP contribution in [0, 0.1) is 6.92 Å². The van der Waals surface area contributed by atoms with Crippen molar-refractivity contribution >= 4 is 0 Å². The lowest BCUT2D eigenvalue weighted by Gasteiger charge is -1.89. The molecule has 1 aromatic heterocycles. The summed E-state index contributed by atoms with van der Waals surface area (Å²) >= 11 is 0. The largest absolute Gasteiger partial charge is 0.361 e. The van der Waals surface area contributed by atoms with E-state index in [0.29, 0.717) is 0 Å². The monoisotopic (exact) mass is 139 g/mol. The Bertz CT molecular complexity index is 194. The number of hydrogen-bond acceptors (Lipinski definition) is 2. The van der Waals surface area contributed by atoms with Crippen molar-refractivity contribution in [3.63, 3.8) is 0 Å². The van der Waals surface area contributed by atoms with Gasteiger partial charge in [-0.25, -0.2) is 0 Å². The van der Waals surface area contributed by atoms with Gasteiger partial charge in [0.2, 0.25) is 0 Å². The molecule has 10 heavy (non-hydrogen) atoms. The van der Waals surface area contributed by atoms with Gasteiger partial charge in [-0.2, -0.15) is 0 Å². The molecule has 0 amide bonds. The minimum absolute atomic E-state index is 0.943. The first-order valence-corrected chi connectivity index (χ1v) is 3.73. The number of hydrogen-bond donors (Lipinski definition) is 0. The molecule has 0 bridgehead atoms. The molecule has 1 heterocycles. The van der Waals surface area contributed by atoms with E-state index in [2.05, 4.69) is 25.9 Å². The van der Waals surface area contributed by atoms with Crippen molar-refractivity contribution in [1.82, 2.24) is 5.16 Å². The highest BCUT2D eigenvalue weighted by molar-refractivity contribution is 5.20. The summed E-state index contributed by atoms with van der Waals surface area (Å²) < 4.78 is 5.09. The molecule has 0 atom stereocenters. The summed E-state index contributed by atoms with van der Waals surface area (Å²) in [6, 6.07) is 0. The predicted octanol–water partition coefficient (Wildman–Crippen LogP) is 2.11. The van der Waals surface area contributed by atoms with E-state index in [1.54, 1.807) is 0 Å². The molecule has 0 saturated carbocycles. The molecule has 0 aliphatic heterocycles. The molecule has 1 aromatic rings. The van der Waals surface area contributed by atoms with Gasteiger partial charge in [0.25, 0.3) is 0 Å². The molecule has 0 aromatic carbocycles. The second kappa shape index (κ2) is 2.86. The summed E-state index contributed by atoms with van der Waals surface area (Å²) in [5, 5.41) is 3.93. The van der Waals surface area contributed by atoms with Gasteiger partial charge in [-0.15, -0.1) is 0 Å². The van der Waals surface area contributed by atoms with Gasteiger partial charge in [-0.1, -0.05) is 19.0 Å². The quantitative estimate of drug-likeness (QED) is 0.627. The lowest BCUT2D eigenvalue weighted by Crippen LogP contribution is -1.84. The fourth-order valence-electron chi connectivity index (χ4n) is 1.07. The molecule has 0 aliphatic carbocycles. The third kappa shape index (κ3) is 1.06. The molecule has 56 valence electrons. The normalized spacial score (nSPS) is 10.3. The second-order valence-corrected chi connectivity index (χ2v) is 2.38. The van der Waals surface area contributed by atoms with Crippen LogP contribution >= 0.6 is 0 Å². The molecular formula is C8H13NO. The SMILES string of the molecule is CCc1noc(CC)c1C. The first kappa shape index (κ1) is 7.32. The van der Waals surface area contributed by atoms with Crippen LogP contribution in [0.2, 0.25) is 0 Å². The fraction of sp³-hybridized carbons (Fsp3) is 0.625. The topological polar surface area (TPSA) is 26.0 Å². The lowest BCUT2D eigenvalue weighted by atomic mass is 10.1. The zero-order valence-electron chi connectivity index (χ0n) is 6.77. The Morgan fingerprint density at radius 2 is 2.00 bits per heavy atom. The van der Waals surface area contributed by atoms with Crippen LogP contribution < -0.4 is 0 Å². The van der Waals surface area contributed by atoms with Crippen molar-refractivity contribution in [2.75, 3.05) is 0 Å². The van der Waals surface area contributed by atoms with Crippen LogP contribution in [0.3, 0.4) is 0 Å². The van der Waals surface area contributed by atoms with Crippen molar-refractivity contribution in [3.8, 4) is 0 Å². The average Bonchev–Trinajstić information content (AvgIpc) is 2.30. The summed E-state index contributed by atoms with van der Waals surface area (Å²) in [4.78, 5) is 0. The maximum atomic E-state index is 5.09. The molecule has 0 fully saturated rings. The van der Waals surface area contributed by atoms with Crippen molar-refractivity contribution in [2.24, 2.45) is 0 Å². The van der Waals surface area contributed by atoms with Gasteiger partial charge >= 0.3 is 0 Å². The Balaban J connectivity index is 2.97. The van der Waals surface area contributed by atoms with Crippen LogP contribution in [0.5, 0.6) is 0 Å². The molecule has 0 spiro atoms. The second-order valence-electron chi connectivity index (χ2n) is 2.38. The van der Waals surface area contributed by atoms with Gasteiger partial charge in [-0.3, -0.25) is 0 Å². The molecule has 2 heteroatoms. The van der Waals surface area contributed by atoms with Crippen LogP contribution in [0.25, 0.3) is 0 Å². The Hall–Kier alpha value is -0.790. The van der Waals surface area contributed by atoms with Crippen LogP contribution in [-0.4, -0.2) is 5.16 Å². The Morgan fingerprint density at radius 3 is 2.30 bits per heavy atom. The third-order valence-electron chi connectivity index (χ3n) is 1.77. The Morgan fingerprint density at radius 1 is 1.30 bits per heavy atom. The van der Waals surface area contributed by atoms with E-state index < -0.39 is 0 Å². The minimum atomic E-state index is 0.943. The van der Waals surface area contributed by atoms with Crippen molar-refractivity contribution in [3.05, 3.63) is 17.0 Å². The van der Waals surface area contributed by atoms with Crippen LogP contribution in [0.4, 0.5) is 0 Å². The van der Waals surface area contributed by atoms with Gasteiger partial charge in [0, 0.05) is 12.0 Å². The number of rotatable bonds is 2. The van der Waals surface area contributed by atoms with E-state index in [9.17, 15) is 0 Å². The average molecular weight is 139 g/mol. The van der Waals surface area contributed by atoms with Gasteiger partial charge in [0.15, 0.2) is 0 Å². The van der Waals surface area contributed by atoms with Crippen LogP contribution in [0.1, 0.15) is 30.9 Å². The number of nitrogens with zero attached hydrogens (tertiary/aromatic N) is 1. The predicted molar refractivity (Wildman–Crippen MR) is 40.0 cm³/mol. The molecule has 0 radical (unpaired) electrons. The number of aryl methyl sites for hydroxylation is 2. The summed E-state index contributed by atoms with van der Waals surface area (Å²) in [6.07, 6.45) is 1.91. The summed E-state index contributed by atoms with van der Waals surface area (Å²) in [5.41, 5.74) is 2.32. The highest BCUT2D eigenvalue weighted by Crippen LogP contribution is 2.12. The van der Waals surface area contributed by atoms with E-state index in [4.69, 9.17) is 4.52 Å². The Labute approximate surface area is 61.2 Å². The van der Waals surface area contributed by atoms with Gasteiger partial charge in [0.05, 0.1) is 5.69 Å². The highest BCUT2D eigenvalue weighted by Gasteiger charge is 2.06. The molecular weight excluding hydrogens is 126 g/mol. The summed E-state index contributed by atoms with van der Waals surface area (Å²) in [5.74, 6) is 1.02. The highest BCUT2D eigenvalue weighted by atomic mass is 16.5. The zero-order valence-corrected chi connectivity index (χ0v) is 6.77. The first-order chi connectivity index (χ1) is 4.79. The zero-order chi connectivity index (χ0) is 7.56. The van der Waals surface area contributed by atoms with E-state index in [1.807, 2.05) is 0 Å². The first-order valence-electron chi connectivity index (χ1n) is 3.73. The van der Waals surface area contributed by atoms with E-state index in [-0.39, 0.29) is 0 Å². The Kier molecular flexibility index (Phi) is 2.10. The maximum absolute atomic E-state index is 5.09. The number of aromatic nitrogens is 1. The van der Waals surface area contributed by atoms with Crippen molar-refractivity contribution in [2.45, 2.75) is 33.6 Å². The minimum Gasteiger partial charge on any atom is -0.361 e. The molecule has 0 N–H and O–H groups in total. The van der Waals surface area contributed by atoms with Gasteiger partial charge < -0.3 is 4.52 Å². The molecule has 2 nitrogen and oxygen atoms in total. The lowest BCUT2D eigenvalue weighted by molar-refractivity contribution is 0.380. The van der Waals surface area contributed by atoms with Crippen LogP contribution in [0.15, 0.2) is 4.52 Å². The van der Waals surface area contributed by atoms with Crippen molar-refractivity contribution < 1.29 is 4.52 Å². The van der Waals surface area contributed by atoms with E-state index >= 15 is 0 Å². The maximum Gasteiger partial charge on any atom is 0.139 e. The van der Waals surface area contributed by atoms with Gasteiger partial charge in [0.1, 0.15) is 5.76 Å². The third-order valence-corrected chi connectivity index (χ3v) is 1.77.